The molecule has 2 nitrogen and oxygen atoms in total. The summed E-state index contributed by atoms with van der Waals surface area (Å²) in [5.74, 6) is 0.385. The molecule has 1 heterocycles. The number of hydrogen-bond acceptors (Lipinski definition) is 2. The van der Waals surface area contributed by atoms with Crippen molar-refractivity contribution < 1.29 is 4.39 Å². The van der Waals surface area contributed by atoms with Gasteiger partial charge in [-0.1, -0.05) is 33.8 Å². The molecule has 0 aliphatic heterocycles. The fourth-order valence-electron chi connectivity index (χ4n) is 1.11. The maximum Gasteiger partial charge on any atom is 0.165 e. The summed E-state index contributed by atoms with van der Waals surface area (Å²) >= 11 is 4.70. The van der Waals surface area contributed by atoms with E-state index in [9.17, 15) is 4.39 Å². The highest BCUT2D eigenvalue weighted by atomic mass is 79.9. The molecular formula is C10H8BrFN2S. The lowest BCUT2D eigenvalue weighted by atomic mass is 10.2. The van der Waals surface area contributed by atoms with Gasteiger partial charge < -0.3 is 4.98 Å². The topological polar surface area (TPSA) is 28.7 Å². The Labute approximate surface area is 99.4 Å². The van der Waals surface area contributed by atoms with Gasteiger partial charge in [0.25, 0.3) is 0 Å². The van der Waals surface area contributed by atoms with Crippen molar-refractivity contribution in [3.63, 3.8) is 0 Å². The predicted octanol–water partition coefficient (Wildman–Crippen LogP) is 3.60. The zero-order valence-electron chi connectivity index (χ0n) is 7.71. The van der Waals surface area contributed by atoms with Gasteiger partial charge in [-0.3, -0.25) is 0 Å². The minimum Gasteiger partial charge on any atom is -0.340 e. The van der Waals surface area contributed by atoms with E-state index in [1.54, 1.807) is 18.5 Å². The zero-order chi connectivity index (χ0) is 10.7. The molecule has 1 aromatic heterocycles. The Kier molecular flexibility index (Phi) is 3.43. The third-order valence-electron chi connectivity index (χ3n) is 1.85. The number of imidazole rings is 1. The molecule has 0 fully saturated rings. The fourth-order valence-corrected chi connectivity index (χ4v) is 2.26. The summed E-state index contributed by atoms with van der Waals surface area (Å²) in [7, 11) is 0. The first-order valence-corrected chi connectivity index (χ1v) is 6.09. The predicted molar refractivity (Wildman–Crippen MR) is 62.2 cm³/mol. The van der Waals surface area contributed by atoms with Gasteiger partial charge in [-0.05, 0) is 17.7 Å². The largest absolute Gasteiger partial charge is 0.340 e. The van der Waals surface area contributed by atoms with Crippen LogP contribution in [0.25, 0.3) is 0 Å². The van der Waals surface area contributed by atoms with Crippen molar-refractivity contribution in [2.24, 2.45) is 0 Å². The highest BCUT2D eigenvalue weighted by Crippen LogP contribution is 2.22. The Morgan fingerprint density at radius 3 is 3.00 bits per heavy atom. The van der Waals surface area contributed by atoms with E-state index in [1.165, 1.54) is 17.8 Å². The third-order valence-corrected chi connectivity index (χ3v) is 3.30. The van der Waals surface area contributed by atoms with Crippen molar-refractivity contribution in [1.82, 2.24) is 9.97 Å². The molecule has 5 heteroatoms. The van der Waals surface area contributed by atoms with Gasteiger partial charge in [-0.15, -0.1) is 0 Å². The molecule has 0 radical (unpaired) electrons. The second-order valence-electron chi connectivity index (χ2n) is 2.92. The Morgan fingerprint density at radius 1 is 1.47 bits per heavy atom. The number of hydrogen-bond donors (Lipinski definition) is 1. The van der Waals surface area contributed by atoms with E-state index in [4.69, 9.17) is 0 Å². The quantitative estimate of drug-likeness (QED) is 0.874. The summed E-state index contributed by atoms with van der Waals surface area (Å²) in [5, 5.41) is 0.803. The Bertz CT molecular complexity index is 445. The SMILES string of the molecule is Fc1cc(Br)ccc1CSc1ncc[nH]1. The van der Waals surface area contributed by atoms with Gasteiger partial charge in [0, 0.05) is 22.6 Å². The van der Waals surface area contributed by atoms with Crippen LogP contribution in [0.5, 0.6) is 0 Å². The molecule has 0 bridgehead atoms. The van der Waals surface area contributed by atoms with Crippen LogP contribution >= 0.6 is 27.7 Å². The second-order valence-corrected chi connectivity index (χ2v) is 4.80. The minimum atomic E-state index is -0.191. The summed E-state index contributed by atoms with van der Waals surface area (Å²) in [5.41, 5.74) is 0.680. The van der Waals surface area contributed by atoms with Crippen LogP contribution in [0.15, 0.2) is 40.2 Å². The highest BCUT2D eigenvalue weighted by Gasteiger charge is 2.04. The van der Waals surface area contributed by atoms with E-state index in [0.717, 1.165) is 9.63 Å². The van der Waals surface area contributed by atoms with Crippen LogP contribution in [0.2, 0.25) is 0 Å². The number of nitrogens with zero attached hydrogens (tertiary/aromatic N) is 1. The van der Waals surface area contributed by atoms with E-state index in [0.29, 0.717) is 11.3 Å². The number of rotatable bonds is 3. The number of halogens is 2. The average Bonchev–Trinajstić information content (AvgIpc) is 2.69. The van der Waals surface area contributed by atoms with Crippen LogP contribution in [0.3, 0.4) is 0 Å². The summed E-state index contributed by atoms with van der Waals surface area (Å²) < 4.78 is 14.2. The van der Waals surface area contributed by atoms with Crippen LogP contribution in [-0.2, 0) is 5.75 Å². The molecule has 0 aliphatic carbocycles. The van der Waals surface area contributed by atoms with Crippen molar-refractivity contribution >= 4 is 27.7 Å². The number of aromatic amines is 1. The molecule has 0 saturated heterocycles. The van der Waals surface area contributed by atoms with Gasteiger partial charge in [0.2, 0.25) is 0 Å². The van der Waals surface area contributed by atoms with E-state index in [2.05, 4.69) is 25.9 Å². The minimum absolute atomic E-state index is 0.191. The van der Waals surface area contributed by atoms with E-state index >= 15 is 0 Å². The lowest BCUT2D eigenvalue weighted by Gasteiger charge is -2.01. The Hall–Kier alpha value is -0.810. The number of thioether (sulfide) groups is 1. The first-order chi connectivity index (χ1) is 7.25. The Morgan fingerprint density at radius 2 is 2.33 bits per heavy atom. The monoisotopic (exact) mass is 286 g/mol. The molecule has 15 heavy (non-hydrogen) atoms. The van der Waals surface area contributed by atoms with Gasteiger partial charge in [-0.25, -0.2) is 9.37 Å². The molecule has 0 amide bonds. The normalized spacial score (nSPS) is 10.5. The van der Waals surface area contributed by atoms with Gasteiger partial charge in [0.05, 0.1) is 0 Å². The van der Waals surface area contributed by atoms with E-state index < -0.39 is 0 Å². The third kappa shape index (κ3) is 2.82. The number of nitrogens with one attached hydrogen (secondary N) is 1. The van der Waals surface area contributed by atoms with Crippen molar-refractivity contribution in [3.8, 4) is 0 Å². The molecule has 0 aliphatic rings. The maximum absolute atomic E-state index is 13.4. The average molecular weight is 287 g/mol. The molecule has 0 unspecified atom stereocenters. The Balaban J connectivity index is 2.05. The molecule has 0 saturated carbocycles. The molecule has 0 atom stereocenters. The second kappa shape index (κ2) is 4.81. The lowest BCUT2D eigenvalue weighted by molar-refractivity contribution is 0.616. The van der Waals surface area contributed by atoms with Gasteiger partial charge >= 0.3 is 0 Å². The summed E-state index contributed by atoms with van der Waals surface area (Å²) in [6, 6.07) is 5.08. The molecule has 1 N–H and O–H groups in total. The maximum atomic E-state index is 13.4. The first kappa shape index (κ1) is 10.7. The van der Waals surface area contributed by atoms with Crippen LogP contribution < -0.4 is 0 Å². The standard InChI is InChI=1S/C10H8BrFN2S/c11-8-2-1-7(9(12)5-8)6-15-10-13-3-4-14-10/h1-5H,6H2,(H,13,14). The molecule has 1 aromatic carbocycles. The van der Waals surface area contributed by atoms with Crippen molar-refractivity contribution in [2.45, 2.75) is 10.9 Å². The molecule has 2 rings (SSSR count). The first-order valence-electron chi connectivity index (χ1n) is 4.32. The molecule has 2 aromatic rings. The van der Waals surface area contributed by atoms with E-state index in [1.807, 2.05) is 6.07 Å². The van der Waals surface area contributed by atoms with Crippen LogP contribution in [-0.4, -0.2) is 9.97 Å². The highest BCUT2D eigenvalue weighted by molar-refractivity contribution is 9.10. The molecule has 78 valence electrons. The summed E-state index contributed by atoms with van der Waals surface area (Å²) in [6.45, 7) is 0. The van der Waals surface area contributed by atoms with Crippen LogP contribution in [0.1, 0.15) is 5.56 Å². The lowest BCUT2D eigenvalue weighted by Crippen LogP contribution is -1.87. The fraction of sp³-hybridized carbons (Fsp3) is 0.100. The molecule has 0 spiro atoms. The number of H-pyrrole nitrogens is 1. The number of benzene rings is 1. The van der Waals surface area contributed by atoms with Crippen LogP contribution in [0, 0.1) is 5.82 Å². The van der Waals surface area contributed by atoms with Crippen LogP contribution in [0.4, 0.5) is 4.39 Å². The number of aromatic nitrogens is 2. The smallest absolute Gasteiger partial charge is 0.165 e. The van der Waals surface area contributed by atoms with E-state index in [-0.39, 0.29) is 5.82 Å². The summed E-state index contributed by atoms with van der Waals surface area (Å²) in [4.78, 5) is 7.01. The van der Waals surface area contributed by atoms with Gasteiger partial charge in [-0.2, -0.15) is 0 Å². The molecular weight excluding hydrogens is 279 g/mol. The van der Waals surface area contributed by atoms with Gasteiger partial charge in [0.15, 0.2) is 5.16 Å². The summed E-state index contributed by atoms with van der Waals surface area (Å²) in [6.07, 6.45) is 3.43. The van der Waals surface area contributed by atoms with Crippen molar-refractivity contribution in [3.05, 3.63) is 46.4 Å². The van der Waals surface area contributed by atoms with Gasteiger partial charge in [0.1, 0.15) is 5.82 Å². The van der Waals surface area contributed by atoms with Crippen molar-refractivity contribution in [2.75, 3.05) is 0 Å². The van der Waals surface area contributed by atoms with Crippen molar-refractivity contribution in [1.29, 1.82) is 0 Å². The zero-order valence-corrected chi connectivity index (χ0v) is 10.1.